The van der Waals surface area contributed by atoms with E-state index in [1.165, 1.54) is 6.20 Å². The summed E-state index contributed by atoms with van der Waals surface area (Å²) in [5, 5.41) is 9.42. The molecule has 20 heavy (non-hydrogen) atoms. The standard InChI is InChI=1S/C13H20N4O2S/c1-11-15-12(9-17(11)2)20(18,19)16-13(10-14)7-5-3-4-6-8-13/h9,16H,3-8H2,1-2H3. The number of hydrogen-bond acceptors (Lipinski definition) is 4. The van der Waals surface area contributed by atoms with E-state index in [2.05, 4.69) is 15.8 Å². The van der Waals surface area contributed by atoms with Crippen molar-refractivity contribution >= 4 is 10.0 Å². The Hall–Kier alpha value is -1.39. The first-order valence-corrected chi connectivity index (χ1v) is 8.32. The van der Waals surface area contributed by atoms with Crippen LogP contribution in [0.5, 0.6) is 0 Å². The first-order chi connectivity index (χ1) is 9.38. The quantitative estimate of drug-likeness (QED) is 0.859. The summed E-state index contributed by atoms with van der Waals surface area (Å²) >= 11 is 0. The largest absolute Gasteiger partial charge is 0.337 e. The van der Waals surface area contributed by atoms with Crippen LogP contribution in [-0.4, -0.2) is 23.5 Å². The Morgan fingerprint density at radius 1 is 1.35 bits per heavy atom. The van der Waals surface area contributed by atoms with Gasteiger partial charge in [-0.1, -0.05) is 25.7 Å². The lowest BCUT2D eigenvalue weighted by Crippen LogP contribution is -2.47. The highest BCUT2D eigenvalue weighted by Gasteiger charge is 2.36. The fourth-order valence-electron chi connectivity index (χ4n) is 2.53. The first-order valence-electron chi connectivity index (χ1n) is 6.84. The number of nitriles is 1. The molecule has 1 aliphatic rings. The molecule has 6 nitrogen and oxygen atoms in total. The molecule has 0 unspecified atom stereocenters. The van der Waals surface area contributed by atoms with Gasteiger partial charge in [-0.3, -0.25) is 0 Å². The molecule has 7 heteroatoms. The van der Waals surface area contributed by atoms with Gasteiger partial charge in [-0.25, -0.2) is 13.4 Å². The lowest BCUT2D eigenvalue weighted by Gasteiger charge is -2.25. The third-order valence-electron chi connectivity index (χ3n) is 3.86. The number of rotatable bonds is 3. The summed E-state index contributed by atoms with van der Waals surface area (Å²) in [6, 6.07) is 2.18. The second kappa shape index (κ2) is 5.54. The van der Waals surface area contributed by atoms with Crippen LogP contribution < -0.4 is 4.72 Å². The number of nitrogens with zero attached hydrogens (tertiary/aromatic N) is 3. The average molecular weight is 296 g/mol. The molecule has 0 spiro atoms. The predicted molar refractivity (Wildman–Crippen MR) is 74.3 cm³/mol. The van der Waals surface area contributed by atoms with E-state index in [0.29, 0.717) is 18.7 Å². The van der Waals surface area contributed by atoms with Crippen molar-refractivity contribution in [2.75, 3.05) is 0 Å². The van der Waals surface area contributed by atoms with Crippen LogP contribution >= 0.6 is 0 Å². The topological polar surface area (TPSA) is 87.8 Å². The number of nitrogens with one attached hydrogen (secondary N) is 1. The average Bonchev–Trinajstić information content (AvgIpc) is 2.63. The van der Waals surface area contributed by atoms with Crippen LogP contribution in [0, 0.1) is 18.3 Å². The van der Waals surface area contributed by atoms with Crippen molar-refractivity contribution in [2.45, 2.75) is 56.0 Å². The molecule has 1 aliphatic carbocycles. The number of aryl methyl sites for hydroxylation is 2. The minimum absolute atomic E-state index is 0.0172. The zero-order valence-electron chi connectivity index (χ0n) is 11.9. The molecule has 0 aliphatic heterocycles. The monoisotopic (exact) mass is 296 g/mol. The van der Waals surface area contributed by atoms with Crippen molar-refractivity contribution in [1.82, 2.24) is 14.3 Å². The third-order valence-corrected chi connectivity index (χ3v) is 5.27. The molecule has 2 rings (SSSR count). The number of imidazole rings is 1. The highest BCUT2D eigenvalue weighted by atomic mass is 32.2. The Morgan fingerprint density at radius 3 is 2.40 bits per heavy atom. The number of sulfonamides is 1. The van der Waals surface area contributed by atoms with Crippen molar-refractivity contribution in [3.05, 3.63) is 12.0 Å². The highest BCUT2D eigenvalue weighted by Crippen LogP contribution is 2.28. The minimum atomic E-state index is -3.75. The van der Waals surface area contributed by atoms with Crippen molar-refractivity contribution in [2.24, 2.45) is 7.05 Å². The van der Waals surface area contributed by atoms with Crippen LogP contribution in [0.4, 0.5) is 0 Å². The Balaban J connectivity index is 2.28. The van der Waals surface area contributed by atoms with Gasteiger partial charge in [0.1, 0.15) is 11.4 Å². The molecule has 1 fully saturated rings. The predicted octanol–water partition coefficient (Wildman–Crippen LogP) is 1.62. The molecule has 1 heterocycles. The SMILES string of the molecule is Cc1nc(S(=O)(=O)NC2(C#N)CCCCCC2)cn1C. The van der Waals surface area contributed by atoms with Gasteiger partial charge < -0.3 is 4.57 Å². The summed E-state index contributed by atoms with van der Waals surface area (Å²) in [6.45, 7) is 1.74. The van der Waals surface area contributed by atoms with Gasteiger partial charge in [0, 0.05) is 13.2 Å². The van der Waals surface area contributed by atoms with Crippen LogP contribution in [0.3, 0.4) is 0 Å². The smallest absolute Gasteiger partial charge is 0.260 e. The molecule has 0 aromatic carbocycles. The molecule has 1 saturated carbocycles. The summed E-state index contributed by atoms with van der Waals surface area (Å²) in [5.41, 5.74) is -0.985. The zero-order valence-corrected chi connectivity index (χ0v) is 12.7. The second-order valence-electron chi connectivity index (χ2n) is 5.45. The van der Waals surface area contributed by atoms with E-state index in [-0.39, 0.29) is 5.03 Å². The lowest BCUT2D eigenvalue weighted by atomic mass is 9.94. The van der Waals surface area contributed by atoms with Gasteiger partial charge >= 0.3 is 0 Å². The van der Waals surface area contributed by atoms with Crippen LogP contribution in [0.1, 0.15) is 44.3 Å². The van der Waals surface area contributed by atoms with Crippen LogP contribution in [-0.2, 0) is 17.1 Å². The Labute approximate surface area is 119 Å². The van der Waals surface area contributed by atoms with Crippen LogP contribution in [0.2, 0.25) is 0 Å². The van der Waals surface area contributed by atoms with E-state index in [9.17, 15) is 13.7 Å². The minimum Gasteiger partial charge on any atom is -0.337 e. The van der Waals surface area contributed by atoms with Gasteiger partial charge in [-0.2, -0.15) is 9.98 Å². The molecule has 1 N–H and O–H groups in total. The van der Waals surface area contributed by atoms with Crippen LogP contribution in [0.15, 0.2) is 11.2 Å². The highest BCUT2D eigenvalue weighted by molar-refractivity contribution is 7.89. The maximum Gasteiger partial charge on any atom is 0.260 e. The maximum absolute atomic E-state index is 12.4. The summed E-state index contributed by atoms with van der Waals surface area (Å²) in [6.07, 6.45) is 6.44. The molecule has 1 aromatic rings. The normalized spacial score (nSPS) is 19.2. The molecular weight excluding hydrogens is 276 g/mol. The van der Waals surface area contributed by atoms with Gasteiger partial charge in [-0.05, 0) is 19.8 Å². The van der Waals surface area contributed by atoms with Crippen molar-refractivity contribution < 1.29 is 8.42 Å². The van der Waals surface area contributed by atoms with E-state index in [4.69, 9.17) is 0 Å². The molecule has 0 bridgehead atoms. The molecule has 0 atom stereocenters. The van der Waals surface area contributed by atoms with E-state index in [1.807, 2.05) is 0 Å². The van der Waals surface area contributed by atoms with Crippen molar-refractivity contribution in [1.29, 1.82) is 5.26 Å². The molecule has 0 amide bonds. The summed E-state index contributed by atoms with van der Waals surface area (Å²) in [7, 11) is -2.01. The zero-order chi connectivity index (χ0) is 14.8. The molecular formula is C13H20N4O2S. The van der Waals surface area contributed by atoms with E-state index < -0.39 is 15.6 Å². The van der Waals surface area contributed by atoms with Gasteiger partial charge in [0.15, 0.2) is 5.03 Å². The summed E-state index contributed by atoms with van der Waals surface area (Å²) < 4.78 is 29.1. The van der Waals surface area contributed by atoms with Gasteiger partial charge in [0.25, 0.3) is 10.0 Å². The molecule has 1 aromatic heterocycles. The third kappa shape index (κ3) is 3.02. The molecule has 110 valence electrons. The van der Waals surface area contributed by atoms with Gasteiger partial charge in [0.2, 0.25) is 0 Å². The van der Waals surface area contributed by atoms with Crippen molar-refractivity contribution in [3.8, 4) is 6.07 Å². The number of hydrogen-bond donors (Lipinski definition) is 1. The maximum atomic E-state index is 12.4. The molecule has 0 radical (unpaired) electrons. The second-order valence-corrected chi connectivity index (χ2v) is 7.08. The van der Waals surface area contributed by atoms with Gasteiger partial charge in [0.05, 0.1) is 6.07 Å². The Morgan fingerprint density at radius 2 is 1.95 bits per heavy atom. The van der Waals surface area contributed by atoms with Crippen LogP contribution in [0.25, 0.3) is 0 Å². The number of aromatic nitrogens is 2. The fraction of sp³-hybridized carbons (Fsp3) is 0.692. The van der Waals surface area contributed by atoms with E-state index in [1.54, 1.807) is 18.5 Å². The Bertz CT molecular complexity index is 600. The molecule has 0 saturated heterocycles. The lowest BCUT2D eigenvalue weighted by molar-refractivity contribution is 0.421. The summed E-state index contributed by atoms with van der Waals surface area (Å²) in [4.78, 5) is 4.04. The van der Waals surface area contributed by atoms with Gasteiger partial charge in [-0.15, -0.1) is 0 Å². The fourth-order valence-corrected chi connectivity index (χ4v) is 3.95. The Kier molecular flexibility index (Phi) is 4.16. The first kappa shape index (κ1) is 15.0. The van der Waals surface area contributed by atoms with E-state index >= 15 is 0 Å². The summed E-state index contributed by atoms with van der Waals surface area (Å²) in [5.74, 6) is 0.622. The van der Waals surface area contributed by atoms with Crippen molar-refractivity contribution in [3.63, 3.8) is 0 Å². The van der Waals surface area contributed by atoms with E-state index in [0.717, 1.165) is 25.7 Å².